The average Bonchev–Trinajstić information content (AvgIpc) is 3.05. The second kappa shape index (κ2) is 6.58. The molecule has 0 saturated carbocycles. The van der Waals surface area contributed by atoms with Crippen LogP contribution in [0.25, 0.3) is 17.0 Å². The fourth-order valence-electron chi connectivity index (χ4n) is 2.91. The first kappa shape index (κ1) is 17.3. The van der Waals surface area contributed by atoms with Crippen LogP contribution in [-0.2, 0) is 0 Å². The number of carbonyl (C=O) groups is 1. The summed E-state index contributed by atoms with van der Waals surface area (Å²) < 4.78 is 2.51. The number of pyridine rings is 1. The molecule has 1 aromatic carbocycles. The number of phenolic OH excluding ortho intramolecular Hbond substituents is 2. The van der Waals surface area contributed by atoms with Crippen molar-refractivity contribution >= 4 is 27.5 Å². The molecule has 2 N–H and O–H groups in total. The lowest BCUT2D eigenvalue weighted by atomic mass is 10.1. The maximum Gasteiger partial charge on any atom is 0.261 e. The topological polar surface area (TPSA) is 94.2 Å². The van der Waals surface area contributed by atoms with Crippen LogP contribution in [0.2, 0.25) is 0 Å². The van der Waals surface area contributed by atoms with Crippen LogP contribution in [0.5, 0.6) is 11.5 Å². The van der Waals surface area contributed by atoms with Gasteiger partial charge in [0.1, 0.15) is 11.5 Å². The number of hydrogen-bond acceptors (Lipinski definition) is 6. The van der Waals surface area contributed by atoms with Crippen molar-refractivity contribution in [3.63, 3.8) is 0 Å². The number of fused-ring (bicyclic) bond motifs is 1. The van der Waals surface area contributed by atoms with Crippen LogP contribution in [-0.4, -0.2) is 60.7 Å². The molecule has 4 rings (SSSR count). The molecule has 0 bridgehead atoms. The summed E-state index contributed by atoms with van der Waals surface area (Å²) in [5.41, 5.74) is 0.985. The van der Waals surface area contributed by atoms with Gasteiger partial charge in [-0.25, -0.2) is 0 Å². The Morgan fingerprint density at radius 2 is 1.93 bits per heavy atom. The van der Waals surface area contributed by atoms with Crippen molar-refractivity contribution in [2.24, 2.45) is 0 Å². The van der Waals surface area contributed by atoms with Crippen LogP contribution in [0.3, 0.4) is 0 Å². The lowest BCUT2D eigenvalue weighted by Crippen LogP contribution is -2.36. The van der Waals surface area contributed by atoms with Crippen LogP contribution in [0, 0.1) is 0 Å². The van der Waals surface area contributed by atoms with Crippen LogP contribution >= 0.6 is 15.9 Å². The molecule has 0 fully saturated rings. The van der Waals surface area contributed by atoms with Gasteiger partial charge in [-0.3, -0.25) is 9.20 Å². The second-order valence-electron chi connectivity index (χ2n) is 6.26. The summed E-state index contributed by atoms with van der Waals surface area (Å²) in [5, 5.41) is 28.8. The number of phenols is 2. The van der Waals surface area contributed by atoms with E-state index in [1.54, 1.807) is 29.1 Å². The number of amides is 1. The second-order valence-corrected chi connectivity index (χ2v) is 7.18. The van der Waals surface area contributed by atoms with Gasteiger partial charge >= 0.3 is 0 Å². The number of rotatable bonds is 2. The smallest absolute Gasteiger partial charge is 0.261 e. The average molecular weight is 430 g/mol. The summed E-state index contributed by atoms with van der Waals surface area (Å²) in [5.74, 6) is -0.462. The van der Waals surface area contributed by atoms with Gasteiger partial charge in [-0.05, 0) is 34.1 Å². The van der Waals surface area contributed by atoms with Crippen molar-refractivity contribution in [2.45, 2.75) is 0 Å². The Labute approximate surface area is 163 Å². The van der Waals surface area contributed by atoms with E-state index in [-0.39, 0.29) is 23.0 Å². The number of aromatic nitrogens is 3. The van der Waals surface area contributed by atoms with Crippen molar-refractivity contribution in [1.82, 2.24) is 24.4 Å². The molecular weight excluding hydrogens is 414 g/mol. The SMILES string of the molecule is CN1C=CN(C(=O)c2cc(-c3nnc4ccc(Br)cn34)c(O)cc2O)CC1. The van der Waals surface area contributed by atoms with Gasteiger partial charge in [0.05, 0.1) is 11.1 Å². The van der Waals surface area contributed by atoms with Crippen molar-refractivity contribution in [2.75, 3.05) is 20.1 Å². The van der Waals surface area contributed by atoms with E-state index in [0.29, 0.717) is 30.1 Å². The van der Waals surface area contributed by atoms with Crippen LogP contribution in [0.1, 0.15) is 10.4 Å². The minimum atomic E-state index is -0.354. The van der Waals surface area contributed by atoms with Gasteiger partial charge in [-0.15, -0.1) is 10.2 Å². The zero-order valence-electron chi connectivity index (χ0n) is 14.4. The highest BCUT2D eigenvalue weighted by Crippen LogP contribution is 2.35. The van der Waals surface area contributed by atoms with E-state index in [0.717, 1.165) is 10.5 Å². The summed E-state index contributed by atoms with van der Waals surface area (Å²) in [6, 6.07) is 6.20. The monoisotopic (exact) mass is 429 g/mol. The van der Waals surface area contributed by atoms with Gasteiger partial charge < -0.3 is 20.0 Å². The Morgan fingerprint density at radius 3 is 2.67 bits per heavy atom. The molecule has 8 nitrogen and oxygen atoms in total. The normalized spacial score (nSPS) is 14.1. The molecule has 0 spiro atoms. The Bertz CT molecular complexity index is 1080. The summed E-state index contributed by atoms with van der Waals surface area (Å²) in [6.45, 7) is 1.19. The van der Waals surface area contributed by atoms with E-state index in [1.165, 1.54) is 11.0 Å². The standard InChI is InChI=1S/C18H16BrN5O3/c1-22-4-6-23(7-5-22)18(27)13-8-12(14(25)9-15(13)26)17-21-20-16-3-2-11(19)10-24(16)17/h2-4,6,8-10,25-26H,5,7H2,1H3. The van der Waals surface area contributed by atoms with Crippen molar-refractivity contribution in [3.8, 4) is 22.9 Å². The molecule has 0 atom stereocenters. The van der Waals surface area contributed by atoms with Crippen molar-refractivity contribution in [3.05, 3.63) is 52.9 Å². The first-order chi connectivity index (χ1) is 12.9. The Hall–Kier alpha value is -3.07. The van der Waals surface area contributed by atoms with E-state index in [1.807, 2.05) is 18.0 Å². The summed E-state index contributed by atoms with van der Waals surface area (Å²) in [6.07, 6.45) is 5.23. The van der Waals surface area contributed by atoms with Gasteiger partial charge in [0.25, 0.3) is 5.91 Å². The molecule has 3 aromatic rings. The molecular formula is C18H16BrN5O3. The zero-order valence-corrected chi connectivity index (χ0v) is 16.0. The van der Waals surface area contributed by atoms with Gasteiger partial charge in [0.2, 0.25) is 0 Å². The third-order valence-corrected chi connectivity index (χ3v) is 4.88. The highest BCUT2D eigenvalue weighted by Gasteiger charge is 2.23. The molecule has 1 aliphatic rings. The molecule has 27 heavy (non-hydrogen) atoms. The van der Waals surface area contributed by atoms with E-state index in [2.05, 4.69) is 26.1 Å². The maximum absolute atomic E-state index is 12.8. The fraction of sp³-hybridized carbons (Fsp3) is 0.167. The lowest BCUT2D eigenvalue weighted by Gasteiger charge is -2.27. The van der Waals surface area contributed by atoms with E-state index >= 15 is 0 Å². The number of likely N-dealkylation sites (N-methyl/N-ethyl adjacent to an activating group) is 1. The Balaban J connectivity index is 1.81. The van der Waals surface area contributed by atoms with Gasteiger partial charge in [-0.1, -0.05) is 0 Å². The summed E-state index contributed by atoms with van der Waals surface area (Å²) >= 11 is 3.40. The largest absolute Gasteiger partial charge is 0.507 e. The van der Waals surface area contributed by atoms with Crippen LogP contribution < -0.4 is 0 Å². The highest BCUT2D eigenvalue weighted by molar-refractivity contribution is 9.10. The molecule has 1 amide bonds. The molecule has 138 valence electrons. The van der Waals surface area contributed by atoms with Gasteiger partial charge in [0.15, 0.2) is 11.5 Å². The van der Waals surface area contributed by atoms with Crippen molar-refractivity contribution in [1.29, 1.82) is 0 Å². The minimum absolute atomic E-state index is 0.0868. The predicted molar refractivity (Wildman–Crippen MR) is 102 cm³/mol. The molecule has 9 heteroatoms. The summed E-state index contributed by atoms with van der Waals surface area (Å²) in [7, 11) is 1.92. The van der Waals surface area contributed by atoms with E-state index in [4.69, 9.17) is 0 Å². The highest BCUT2D eigenvalue weighted by atomic mass is 79.9. The summed E-state index contributed by atoms with van der Waals surface area (Å²) in [4.78, 5) is 16.3. The quantitative estimate of drug-likeness (QED) is 0.649. The first-order valence-corrected chi connectivity index (χ1v) is 8.99. The van der Waals surface area contributed by atoms with E-state index < -0.39 is 0 Å². The number of halogens is 1. The van der Waals surface area contributed by atoms with E-state index in [9.17, 15) is 15.0 Å². The minimum Gasteiger partial charge on any atom is -0.507 e. The van der Waals surface area contributed by atoms with Gasteiger partial charge in [0, 0.05) is 49.3 Å². The number of nitrogens with zero attached hydrogens (tertiary/aromatic N) is 5. The number of aromatic hydroxyl groups is 2. The van der Waals surface area contributed by atoms with Crippen molar-refractivity contribution < 1.29 is 15.0 Å². The first-order valence-electron chi connectivity index (χ1n) is 8.20. The molecule has 2 aromatic heterocycles. The van der Waals surface area contributed by atoms with Gasteiger partial charge in [-0.2, -0.15) is 0 Å². The molecule has 0 saturated heterocycles. The number of hydrogen-bond donors (Lipinski definition) is 2. The molecule has 3 heterocycles. The Morgan fingerprint density at radius 1 is 1.11 bits per heavy atom. The molecule has 1 aliphatic heterocycles. The molecule has 0 radical (unpaired) electrons. The van der Waals surface area contributed by atoms with Crippen LogP contribution in [0.4, 0.5) is 0 Å². The zero-order chi connectivity index (χ0) is 19.1. The fourth-order valence-corrected chi connectivity index (χ4v) is 3.25. The number of benzene rings is 1. The van der Waals surface area contributed by atoms with Crippen LogP contribution in [0.15, 0.2) is 47.3 Å². The predicted octanol–water partition coefficient (Wildman–Crippen LogP) is 2.43. The Kier molecular flexibility index (Phi) is 4.23. The maximum atomic E-state index is 12.8. The number of carbonyl (C=O) groups excluding carboxylic acids is 1. The third-order valence-electron chi connectivity index (χ3n) is 4.41. The third kappa shape index (κ3) is 3.10. The molecule has 0 unspecified atom stereocenters. The lowest BCUT2D eigenvalue weighted by molar-refractivity contribution is 0.0799. The molecule has 0 aliphatic carbocycles.